The van der Waals surface area contributed by atoms with E-state index in [4.69, 9.17) is 9.47 Å². The van der Waals surface area contributed by atoms with Gasteiger partial charge >= 0.3 is 0 Å². The molecule has 2 rings (SSSR count). The van der Waals surface area contributed by atoms with E-state index in [0.717, 1.165) is 0 Å². The zero-order valence-corrected chi connectivity index (χ0v) is 12.7. The molecule has 1 spiro atoms. The molecule has 0 aromatic rings. The second kappa shape index (κ2) is 5.00. The van der Waals surface area contributed by atoms with Gasteiger partial charge in [-0.3, -0.25) is 0 Å². The standard InChI is InChI=1S/C10H11Br3O2/c11-7-1-3-8(12)10(9(13)4-2-7)14-5-6-15-10/h1-4,7-9H,5-6H2/b3-1-,4-2-/t8-,9-/m1/s1. The summed E-state index contributed by atoms with van der Waals surface area (Å²) in [4.78, 5) is 0.347. The van der Waals surface area contributed by atoms with E-state index < -0.39 is 5.79 Å². The Morgan fingerprint density at radius 3 is 1.80 bits per heavy atom. The van der Waals surface area contributed by atoms with Gasteiger partial charge in [0.05, 0.1) is 27.7 Å². The summed E-state index contributed by atoms with van der Waals surface area (Å²) in [5.74, 6) is -0.611. The van der Waals surface area contributed by atoms with Crippen molar-refractivity contribution in [3.05, 3.63) is 24.3 Å². The van der Waals surface area contributed by atoms with E-state index in [0.29, 0.717) is 13.2 Å². The summed E-state index contributed by atoms with van der Waals surface area (Å²) < 4.78 is 11.5. The number of rotatable bonds is 0. The van der Waals surface area contributed by atoms with Crippen molar-refractivity contribution in [2.24, 2.45) is 0 Å². The first-order valence-corrected chi connectivity index (χ1v) is 7.46. The quantitative estimate of drug-likeness (QED) is 0.458. The van der Waals surface area contributed by atoms with Crippen molar-refractivity contribution in [1.82, 2.24) is 0 Å². The molecule has 0 unspecified atom stereocenters. The lowest BCUT2D eigenvalue weighted by Gasteiger charge is -2.34. The molecule has 1 aliphatic heterocycles. The number of allylic oxidation sites excluding steroid dienone is 2. The van der Waals surface area contributed by atoms with Gasteiger partial charge in [-0.25, -0.2) is 0 Å². The fraction of sp³-hybridized carbons (Fsp3) is 0.600. The molecule has 0 saturated carbocycles. The molecule has 1 heterocycles. The summed E-state index contributed by atoms with van der Waals surface area (Å²) in [5.41, 5.74) is 0. The van der Waals surface area contributed by atoms with Crippen LogP contribution in [0.5, 0.6) is 0 Å². The van der Waals surface area contributed by atoms with Crippen molar-refractivity contribution < 1.29 is 9.47 Å². The Morgan fingerprint density at radius 2 is 1.33 bits per heavy atom. The monoisotopic (exact) mass is 400 g/mol. The average Bonchev–Trinajstić information content (AvgIpc) is 2.71. The number of halogens is 3. The summed E-state index contributed by atoms with van der Waals surface area (Å²) in [6.07, 6.45) is 8.26. The van der Waals surface area contributed by atoms with Crippen LogP contribution < -0.4 is 0 Å². The normalized spacial score (nSPS) is 39.9. The molecular weight excluding hydrogens is 392 g/mol. The largest absolute Gasteiger partial charge is 0.345 e. The van der Waals surface area contributed by atoms with Crippen LogP contribution >= 0.6 is 47.8 Å². The number of hydrogen-bond acceptors (Lipinski definition) is 2. The van der Waals surface area contributed by atoms with Crippen molar-refractivity contribution in [2.75, 3.05) is 13.2 Å². The Labute approximate surface area is 114 Å². The van der Waals surface area contributed by atoms with Gasteiger partial charge in [-0.15, -0.1) is 0 Å². The lowest BCUT2D eigenvalue weighted by molar-refractivity contribution is -0.140. The van der Waals surface area contributed by atoms with E-state index in [1.165, 1.54) is 0 Å². The molecule has 2 nitrogen and oxygen atoms in total. The number of hydrogen-bond donors (Lipinski definition) is 0. The summed E-state index contributed by atoms with van der Waals surface area (Å²) in [7, 11) is 0. The Bertz CT molecular complexity index is 262. The van der Waals surface area contributed by atoms with Crippen LogP contribution in [0.3, 0.4) is 0 Å². The molecule has 1 aliphatic carbocycles. The summed E-state index contributed by atoms with van der Waals surface area (Å²) in [5, 5.41) is 0. The third kappa shape index (κ3) is 2.41. The molecule has 0 amide bonds. The minimum absolute atomic E-state index is 0.0434. The second-order valence-electron chi connectivity index (χ2n) is 3.44. The Kier molecular flexibility index (Phi) is 4.10. The molecule has 0 bridgehead atoms. The lowest BCUT2D eigenvalue weighted by Crippen LogP contribution is -2.47. The third-order valence-electron chi connectivity index (χ3n) is 2.44. The van der Waals surface area contributed by atoms with Crippen molar-refractivity contribution in [3.8, 4) is 0 Å². The Morgan fingerprint density at radius 1 is 0.867 bits per heavy atom. The smallest absolute Gasteiger partial charge is 0.200 e. The van der Waals surface area contributed by atoms with Crippen molar-refractivity contribution >= 4 is 47.8 Å². The molecule has 2 atom stereocenters. The van der Waals surface area contributed by atoms with E-state index >= 15 is 0 Å². The molecule has 84 valence electrons. The fourth-order valence-electron chi connectivity index (χ4n) is 1.65. The molecular formula is C10H11Br3O2. The third-order valence-corrected chi connectivity index (χ3v) is 4.93. The summed E-state index contributed by atoms with van der Waals surface area (Å²) in [6, 6.07) is 0. The minimum atomic E-state index is -0.611. The van der Waals surface area contributed by atoms with Gasteiger partial charge in [-0.1, -0.05) is 72.1 Å². The lowest BCUT2D eigenvalue weighted by atomic mass is 10.1. The van der Waals surface area contributed by atoms with Crippen LogP contribution in [0.15, 0.2) is 24.3 Å². The highest BCUT2D eigenvalue weighted by Crippen LogP contribution is 2.38. The summed E-state index contributed by atoms with van der Waals surface area (Å²) >= 11 is 10.7. The topological polar surface area (TPSA) is 18.5 Å². The van der Waals surface area contributed by atoms with Crippen LogP contribution in [0.25, 0.3) is 0 Å². The zero-order valence-electron chi connectivity index (χ0n) is 7.91. The highest BCUT2D eigenvalue weighted by molar-refractivity contribution is 9.10. The van der Waals surface area contributed by atoms with Gasteiger partial charge in [0.15, 0.2) is 0 Å². The number of alkyl halides is 3. The first-order chi connectivity index (χ1) is 7.15. The van der Waals surface area contributed by atoms with Crippen LogP contribution in [0.4, 0.5) is 0 Å². The maximum absolute atomic E-state index is 5.74. The van der Waals surface area contributed by atoms with Crippen molar-refractivity contribution in [3.63, 3.8) is 0 Å². The predicted molar refractivity (Wildman–Crippen MR) is 71.1 cm³/mol. The van der Waals surface area contributed by atoms with Crippen molar-refractivity contribution in [1.29, 1.82) is 0 Å². The van der Waals surface area contributed by atoms with Crippen molar-refractivity contribution in [2.45, 2.75) is 20.3 Å². The van der Waals surface area contributed by atoms with Gasteiger partial charge in [-0.05, 0) is 0 Å². The highest BCUT2D eigenvalue weighted by atomic mass is 79.9. The van der Waals surface area contributed by atoms with Gasteiger partial charge in [0.2, 0.25) is 5.79 Å². The molecule has 2 aliphatic rings. The average molecular weight is 403 g/mol. The summed E-state index contributed by atoms with van der Waals surface area (Å²) in [6.45, 7) is 1.28. The van der Waals surface area contributed by atoms with Crippen LogP contribution in [-0.2, 0) is 9.47 Å². The molecule has 1 fully saturated rings. The van der Waals surface area contributed by atoms with Gasteiger partial charge in [0.25, 0.3) is 0 Å². The van der Waals surface area contributed by atoms with Gasteiger partial charge < -0.3 is 9.47 Å². The van der Waals surface area contributed by atoms with E-state index in [9.17, 15) is 0 Å². The molecule has 15 heavy (non-hydrogen) atoms. The first-order valence-electron chi connectivity index (χ1n) is 4.72. The van der Waals surface area contributed by atoms with Crippen LogP contribution in [-0.4, -0.2) is 33.5 Å². The zero-order chi connectivity index (χ0) is 10.9. The van der Waals surface area contributed by atoms with Crippen LogP contribution in [0.2, 0.25) is 0 Å². The molecule has 0 aromatic heterocycles. The van der Waals surface area contributed by atoms with E-state index in [-0.39, 0.29) is 14.5 Å². The second-order valence-corrected chi connectivity index (χ2v) is 6.47. The SMILES string of the molecule is BrC1/C=C\[C@@H](Br)C2(OCCO2)[C@H](Br)/C=C\1. The maximum Gasteiger partial charge on any atom is 0.200 e. The Hall–Kier alpha value is 0.840. The molecule has 0 aromatic carbocycles. The van der Waals surface area contributed by atoms with Gasteiger partial charge in [0, 0.05) is 0 Å². The molecule has 0 N–H and O–H groups in total. The fourth-order valence-corrected chi connectivity index (χ4v) is 3.81. The maximum atomic E-state index is 5.74. The minimum Gasteiger partial charge on any atom is -0.345 e. The van der Waals surface area contributed by atoms with Gasteiger partial charge in [0.1, 0.15) is 0 Å². The highest BCUT2D eigenvalue weighted by Gasteiger charge is 2.47. The molecule has 5 heteroatoms. The van der Waals surface area contributed by atoms with Crippen LogP contribution in [0.1, 0.15) is 0 Å². The van der Waals surface area contributed by atoms with E-state index in [2.05, 4.69) is 72.1 Å². The van der Waals surface area contributed by atoms with Gasteiger partial charge in [-0.2, -0.15) is 0 Å². The van der Waals surface area contributed by atoms with E-state index in [1.54, 1.807) is 0 Å². The molecule has 1 saturated heterocycles. The predicted octanol–water partition coefficient (Wildman–Crippen LogP) is 3.15. The molecule has 0 radical (unpaired) electrons. The van der Waals surface area contributed by atoms with Crippen LogP contribution in [0, 0.1) is 0 Å². The van der Waals surface area contributed by atoms with E-state index in [1.807, 2.05) is 0 Å². The first kappa shape index (κ1) is 12.3. The number of ether oxygens (including phenoxy) is 2. The Balaban J connectivity index is 2.28.